The number of hydrogen-bond donors (Lipinski definition) is 0. The van der Waals surface area contributed by atoms with Gasteiger partial charge in [0.2, 0.25) is 5.91 Å². The lowest BCUT2D eigenvalue weighted by atomic mass is 9.99. The molecule has 6 nitrogen and oxygen atoms in total. The highest BCUT2D eigenvalue weighted by molar-refractivity contribution is 5.96. The Labute approximate surface area is 184 Å². The number of piperazine rings is 1. The number of amides is 2. The van der Waals surface area contributed by atoms with Gasteiger partial charge in [0.25, 0.3) is 5.91 Å². The van der Waals surface area contributed by atoms with Crippen molar-refractivity contribution in [2.75, 3.05) is 39.8 Å². The van der Waals surface area contributed by atoms with Crippen molar-refractivity contribution in [1.29, 1.82) is 0 Å². The van der Waals surface area contributed by atoms with Crippen LogP contribution in [-0.4, -0.2) is 66.3 Å². The molecule has 0 unspecified atom stereocenters. The summed E-state index contributed by atoms with van der Waals surface area (Å²) in [7, 11) is 1.64. The van der Waals surface area contributed by atoms with Gasteiger partial charge in [0.05, 0.1) is 13.2 Å². The van der Waals surface area contributed by atoms with Gasteiger partial charge in [-0.15, -0.1) is 0 Å². The quantitative estimate of drug-likeness (QED) is 0.743. The lowest BCUT2D eigenvalue weighted by Gasteiger charge is -2.41. The number of likely N-dealkylation sites (tertiary alicyclic amines) is 1. The van der Waals surface area contributed by atoms with Crippen LogP contribution in [0, 0.1) is 0 Å². The molecule has 2 saturated heterocycles. The van der Waals surface area contributed by atoms with Crippen LogP contribution in [0.2, 0.25) is 0 Å². The molecule has 0 N–H and O–H groups in total. The van der Waals surface area contributed by atoms with E-state index in [0.29, 0.717) is 19.6 Å². The summed E-state index contributed by atoms with van der Waals surface area (Å²) in [5, 5.41) is 0. The zero-order valence-corrected chi connectivity index (χ0v) is 18.4. The molecular formula is C25H31N3O3. The molecule has 2 aromatic carbocycles. The average molecular weight is 422 g/mol. The van der Waals surface area contributed by atoms with Gasteiger partial charge in [0.15, 0.2) is 0 Å². The van der Waals surface area contributed by atoms with Crippen LogP contribution in [0.1, 0.15) is 47.3 Å². The summed E-state index contributed by atoms with van der Waals surface area (Å²) < 4.78 is 5.55. The van der Waals surface area contributed by atoms with E-state index in [9.17, 15) is 9.59 Å². The van der Waals surface area contributed by atoms with Crippen molar-refractivity contribution < 1.29 is 14.3 Å². The number of rotatable bonds is 5. The first-order chi connectivity index (χ1) is 15.1. The van der Waals surface area contributed by atoms with Crippen LogP contribution in [0.3, 0.4) is 0 Å². The fourth-order valence-electron chi connectivity index (χ4n) is 4.77. The van der Waals surface area contributed by atoms with E-state index in [0.717, 1.165) is 42.1 Å². The first-order valence-corrected chi connectivity index (χ1v) is 11.1. The van der Waals surface area contributed by atoms with Gasteiger partial charge in [-0.3, -0.25) is 14.5 Å². The highest BCUT2D eigenvalue weighted by Crippen LogP contribution is 2.33. The fourth-order valence-corrected chi connectivity index (χ4v) is 4.77. The number of hydrogen-bond acceptors (Lipinski definition) is 4. The molecule has 0 saturated carbocycles. The number of carbonyl (C=O) groups excluding carboxylic acids is 2. The lowest BCUT2D eigenvalue weighted by Crippen LogP contribution is -2.52. The average Bonchev–Trinajstić information content (AvgIpc) is 3.31. The first-order valence-electron chi connectivity index (χ1n) is 11.1. The van der Waals surface area contributed by atoms with Crippen molar-refractivity contribution in [3.63, 3.8) is 0 Å². The van der Waals surface area contributed by atoms with Crippen LogP contribution in [-0.2, 0) is 11.3 Å². The lowest BCUT2D eigenvalue weighted by molar-refractivity contribution is -0.133. The molecule has 1 atom stereocenters. The number of benzene rings is 2. The van der Waals surface area contributed by atoms with Gasteiger partial charge in [-0.05, 0) is 43.6 Å². The molecule has 2 aliphatic rings. The maximum absolute atomic E-state index is 13.6. The second-order valence-corrected chi connectivity index (χ2v) is 8.36. The predicted molar refractivity (Wildman–Crippen MR) is 120 cm³/mol. The van der Waals surface area contributed by atoms with Crippen molar-refractivity contribution in [2.24, 2.45) is 0 Å². The molecule has 0 aliphatic carbocycles. The SMILES string of the molecule is COc1ccccc1[C@H]1CN(C(=O)c2ccccc2CN2CCCC2)CCN1C(C)=O. The molecule has 2 aliphatic heterocycles. The Morgan fingerprint density at radius 2 is 1.68 bits per heavy atom. The number of methoxy groups -OCH3 is 1. The zero-order valence-electron chi connectivity index (χ0n) is 18.4. The van der Waals surface area contributed by atoms with Gasteiger partial charge < -0.3 is 14.5 Å². The summed E-state index contributed by atoms with van der Waals surface area (Å²) in [5.74, 6) is 0.790. The van der Waals surface area contributed by atoms with Crippen LogP contribution >= 0.6 is 0 Å². The minimum absolute atomic E-state index is 0.0115. The topological polar surface area (TPSA) is 53.1 Å². The number of nitrogens with zero attached hydrogens (tertiary/aromatic N) is 3. The number of ether oxygens (including phenoxy) is 1. The van der Waals surface area contributed by atoms with E-state index < -0.39 is 0 Å². The molecule has 0 bridgehead atoms. The van der Waals surface area contributed by atoms with E-state index in [1.807, 2.05) is 52.3 Å². The third kappa shape index (κ3) is 4.59. The van der Waals surface area contributed by atoms with Crippen LogP contribution in [0.15, 0.2) is 48.5 Å². The molecule has 164 valence electrons. The van der Waals surface area contributed by atoms with E-state index in [4.69, 9.17) is 4.74 Å². The Kier molecular flexibility index (Phi) is 6.56. The monoisotopic (exact) mass is 421 g/mol. The van der Waals surface area contributed by atoms with E-state index in [2.05, 4.69) is 11.0 Å². The zero-order chi connectivity index (χ0) is 21.8. The van der Waals surface area contributed by atoms with Gasteiger partial charge in [-0.25, -0.2) is 0 Å². The number of carbonyl (C=O) groups is 2. The molecule has 0 spiro atoms. The molecule has 2 amide bonds. The summed E-state index contributed by atoms with van der Waals surface area (Å²) in [6.07, 6.45) is 2.45. The van der Waals surface area contributed by atoms with Crippen molar-refractivity contribution in [3.8, 4) is 5.75 Å². The smallest absolute Gasteiger partial charge is 0.254 e. The molecule has 2 aromatic rings. The summed E-state index contributed by atoms with van der Waals surface area (Å²) >= 11 is 0. The second kappa shape index (κ2) is 9.52. The summed E-state index contributed by atoms with van der Waals surface area (Å²) in [6.45, 7) is 6.08. The normalized spacial score (nSPS) is 19.5. The molecule has 6 heteroatoms. The van der Waals surface area contributed by atoms with Crippen LogP contribution in [0.25, 0.3) is 0 Å². The first kappa shape index (κ1) is 21.4. The van der Waals surface area contributed by atoms with Gasteiger partial charge >= 0.3 is 0 Å². The molecule has 0 radical (unpaired) electrons. The van der Waals surface area contributed by atoms with Crippen molar-refractivity contribution in [2.45, 2.75) is 32.4 Å². The van der Waals surface area contributed by atoms with Gasteiger partial charge in [0.1, 0.15) is 5.75 Å². The third-order valence-corrected chi connectivity index (χ3v) is 6.41. The van der Waals surface area contributed by atoms with E-state index in [1.54, 1.807) is 14.0 Å². The predicted octanol–water partition coefficient (Wildman–Crippen LogP) is 3.34. The van der Waals surface area contributed by atoms with Crippen molar-refractivity contribution in [3.05, 3.63) is 65.2 Å². The Balaban J connectivity index is 1.59. The van der Waals surface area contributed by atoms with Gasteiger partial charge in [-0.1, -0.05) is 36.4 Å². The molecule has 0 aromatic heterocycles. The van der Waals surface area contributed by atoms with E-state index >= 15 is 0 Å². The van der Waals surface area contributed by atoms with Gasteiger partial charge in [-0.2, -0.15) is 0 Å². The van der Waals surface area contributed by atoms with Crippen LogP contribution < -0.4 is 4.74 Å². The van der Waals surface area contributed by atoms with E-state index in [1.165, 1.54) is 12.8 Å². The highest BCUT2D eigenvalue weighted by atomic mass is 16.5. The molecule has 2 fully saturated rings. The maximum atomic E-state index is 13.6. The Hall–Kier alpha value is -2.86. The minimum atomic E-state index is -0.225. The number of para-hydroxylation sites is 1. The molecular weight excluding hydrogens is 390 g/mol. The fraction of sp³-hybridized carbons (Fsp3) is 0.440. The van der Waals surface area contributed by atoms with Crippen LogP contribution in [0.4, 0.5) is 0 Å². The second-order valence-electron chi connectivity index (χ2n) is 8.36. The standard InChI is InChI=1S/C25H31N3O3/c1-19(29)28-16-15-27(18-23(28)22-11-5-6-12-24(22)31-2)25(30)21-10-4-3-9-20(21)17-26-13-7-8-14-26/h3-6,9-12,23H,7-8,13-18H2,1-2H3/t23-/m1/s1. The van der Waals surface area contributed by atoms with Crippen molar-refractivity contribution >= 4 is 11.8 Å². The largest absolute Gasteiger partial charge is 0.496 e. The molecule has 4 rings (SSSR count). The molecule has 2 heterocycles. The minimum Gasteiger partial charge on any atom is -0.496 e. The summed E-state index contributed by atoms with van der Waals surface area (Å²) in [6, 6.07) is 15.5. The van der Waals surface area contributed by atoms with E-state index in [-0.39, 0.29) is 17.9 Å². The molecule has 31 heavy (non-hydrogen) atoms. The Bertz CT molecular complexity index is 939. The van der Waals surface area contributed by atoms with Crippen molar-refractivity contribution in [1.82, 2.24) is 14.7 Å². The maximum Gasteiger partial charge on any atom is 0.254 e. The van der Waals surface area contributed by atoms with Crippen LogP contribution in [0.5, 0.6) is 5.75 Å². The Morgan fingerprint density at radius 3 is 2.42 bits per heavy atom. The Morgan fingerprint density at radius 1 is 0.968 bits per heavy atom. The highest BCUT2D eigenvalue weighted by Gasteiger charge is 2.34. The third-order valence-electron chi connectivity index (χ3n) is 6.41. The summed E-state index contributed by atoms with van der Waals surface area (Å²) in [5.41, 5.74) is 2.78. The van der Waals surface area contributed by atoms with Gasteiger partial charge in [0, 0.05) is 44.2 Å². The summed E-state index contributed by atoms with van der Waals surface area (Å²) in [4.78, 5) is 32.1.